The SMILES string of the molecule is Cc1cc(C)c(B(c2ccc(-n3c4ccccc4c4ccccc43)cc2)c2c(C)cc(-n3c4ccccc4c4ccccc43)cc2C)c(C)c1. The van der Waals surface area contributed by atoms with Gasteiger partial charge >= 0.3 is 0 Å². The zero-order chi connectivity index (χ0) is 34.1. The van der Waals surface area contributed by atoms with E-state index in [1.165, 1.54) is 99.2 Å². The topological polar surface area (TPSA) is 9.86 Å². The van der Waals surface area contributed by atoms with E-state index in [0.717, 1.165) is 0 Å². The molecule has 50 heavy (non-hydrogen) atoms. The van der Waals surface area contributed by atoms with Gasteiger partial charge in [0, 0.05) is 32.9 Å². The van der Waals surface area contributed by atoms with Crippen molar-refractivity contribution < 1.29 is 0 Å². The van der Waals surface area contributed by atoms with E-state index < -0.39 is 0 Å². The highest BCUT2D eigenvalue weighted by molar-refractivity contribution is 6.96. The number of aromatic nitrogens is 2. The molecule has 2 nitrogen and oxygen atoms in total. The van der Waals surface area contributed by atoms with Crippen LogP contribution in [0.1, 0.15) is 27.8 Å². The van der Waals surface area contributed by atoms with Crippen LogP contribution in [0.15, 0.2) is 146 Å². The van der Waals surface area contributed by atoms with Gasteiger partial charge in [-0.25, -0.2) is 0 Å². The second-order valence-electron chi connectivity index (χ2n) is 14.1. The van der Waals surface area contributed by atoms with Crippen LogP contribution in [0.4, 0.5) is 0 Å². The molecular weight excluding hydrogens is 603 g/mol. The van der Waals surface area contributed by atoms with E-state index in [4.69, 9.17) is 0 Å². The van der Waals surface area contributed by atoms with Crippen molar-refractivity contribution in [1.82, 2.24) is 9.13 Å². The van der Waals surface area contributed by atoms with Crippen molar-refractivity contribution in [3.05, 3.63) is 173 Å². The van der Waals surface area contributed by atoms with Gasteiger partial charge in [0.05, 0.1) is 22.1 Å². The van der Waals surface area contributed by atoms with Crippen LogP contribution in [0, 0.1) is 34.6 Å². The Balaban J connectivity index is 1.24. The molecule has 0 saturated carbocycles. The third kappa shape index (κ3) is 4.64. The lowest BCUT2D eigenvalue weighted by Gasteiger charge is -2.25. The molecule has 3 heteroatoms. The number of rotatable bonds is 5. The summed E-state index contributed by atoms with van der Waals surface area (Å²) in [6, 6.07) is 53.9. The van der Waals surface area contributed by atoms with Crippen molar-refractivity contribution in [2.45, 2.75) is 34.6 Å². The number of fused-ring (bicyclic) bond motifs is 6. The number of hydrogen-bond acceptors (Lipinski definition) is 0. The van der Waals surface area contributed by atoms with Crippen LogP contribution in [0.5, 0.6) is 0 Å². The molecule has 240 valence electrons. The molecule has 0 unspecified atom stereocenters. The van der Waals surface area contributed by atoms with Gasteiger partial charge in [0.25, 0.3) is 0 Å². The van der Waals surface area contributed by atoms with E-state index in [-0.39, 0.29) is 6.71 Å². The summed E-state index contributed by atoms with van der Waals surface area (Å²) >= 11 is 0. The van der Waals surface area contributed by atoms with Gasteiger partial charge < -0.3 is 9.13 Å². The fourth-order valence-corrected chi connectivity index (χ4v) is 8.88. The van der Waals surface area contributed by atoms with E-state index in [9.17, 15) is 0 Å². The van der Waals surface area contributed by atoms with Gasteiger partial charge in [0.2, 0.25) is 6.71 Å². The minimum absolute atomic E-state index is 0.0926. The van der Waals surface area contributed by atoms with Crippen molar-refractivity contribution in [1.29, 1.82) is 0 Å². The fraction of sp³-hybridized carbons (Fsp3) is 0.106. The standard InChI is InChI=1S/C47H39BN2/c1-30-26-31(2)46(32(3)27-30)48(35-22-24-36(25-23-35)49-42-18-10-6-14-38(42)39-15-7-11-19-43(39)49)47-33(4)28-37(29-34(47)5)50-44-20-12-8-16-40(44)41-17-9-13-21-45(41)50/h6-29H,1-5H3. The Morgan fingerprint density at radius 1 is 0.360 bits per heavy atom. The largest absolute Gasteiger partial charge is 0.309 e. The molecule has 0 aliphatic heterocycles. The summed E-state index contributed by atoms with van der Waals surface area (Å²) in [6.07, 6.45) is 0. The smallest absolute Gasteiger partial charge is 0.242 e. The minimum Gasteiger partial charge on any atom is -0.309 e. The van der Waals surface area contributed by atoms with Gasteiger partial charge in [0.15, 0.2) is 0 Å². The Labute approximate surface area is 294 Å². The van der Waals surface area contributed by atoms with Crippen molar-refractivity contribution >= 4 is 66.7 Å². The number of para-hydroxylation sites is 4. The van der Waals surface area contributed by atoms with Crippen molar-refractivity contribution in [2.24, 2.45) is 0 Å². The summed E-state index contributed by atoms with van der Waals surface area (Å²) in [6.45, 7) is 11.5. The number of nitrogens with zero attached hydrogens (tertiary/aromatic N) is 2. The van der Waals surface area contributed by atoms with E-state index in [0.29, 0.717) is 0 Å². The summed E-state index contributed by atoms with van der Waals surface area (Å²) in [7, 11) is 0. The van der Waals surface area contributed by atoms with E-state index >= 15 is 0 Å². The maximum atomic E-state index is 2.44. The molecule has 7 aromatic carbocycles. The average molecular weight is 643 g/mol. The number of hydrogen-bond donors (Lipinski definition) is 0. The van der Waals surface area contributed by atoms with E-state index in [1.54, 1.807) is 0 Å². The lowest BCUT2D eigenvalue weighted by molar-refractivity contribution is 1.16. The Morgan fingerprint density at radius 2 is 0.700 bits per heavy atom. The monoisotopic (exact) mass is 642 g/mol. The molecule has 0 fully saturated rings. The first-order valence-corrected chi connectivity index (χ1v) is 17.6. The molecule has 0 spiro atoms. The molecule has 0 aliphatic carbocycles. The Bertz CT molecular complexity index is 2610. The normalized spacial score (nSPS) is 11.7. The highest BCUT2D eigenvalue weighted by Gasteiger charge is 2.29. The van der Waals surface area contributed by atoms with Crippen molar-refractivity contribution in [2.75, 3.05) is 0 Å². The fourth-order valence-electron chi connectivity index (χ4n) is 8.88. The van der Waals surface area contributed by atoms with Crippen LogP contribution < -0.4 is 16.4 Å². The van der Waals surface area contributed by atoms with Crippen LogP contribution in [-0.4, -0.2) is 15.8 Å². The van der Waals surface area contributed by atoms with E-state index in [2.05, 4.69) is 189 Å². The molecule has 2 heterocycles. The van der Waals surface area contributed by atoms with Gasteiger partial charge in [0.1, 0.15) is 0 Å². The maximum Gasteiger partial charge on any atom is 0.242 e. The third-order valence-corrected chi connectivity index (χ3v) is 10.8. The molecular formula is C47H39BN2. The maximum absolute atomic E-state index is 2.44. The molecule has 9 rings (SSSR count). The third-order valence-electron chi connectivity index (χ3n) is 10.8. The Morgan fingerprint density at radius 3 is 1.10 bits per heavy atom. The summed E-state index contributed by atoms with van der Waals surface area (Å²) < 4.78 is 4.84. The summed E-state index contributed by atoms with van der Waals surface area (Å²) in [5, 5.41) is 5.14. The number of benzene rings is 7. The zero-order valence-corrected chi connectivity index (χ0v) is 29.3. The molecule has 2 aromatic heterocycles. The molecule has 0 saturated heterocycles. The highest BCUT2D eigenvalue weighted by Crippen LogP contribution is 2.33. The molecule has 0 aliphatic rings. The van der Waals surface area contributed by atoms with Gasteiger partial charge in [-0.3, -0.25) is 0 Å². The van der Waals surface area contributed by atoms with Gasteiger partial charge in [-0.15, -0.1) is 0 Å². The Hall–Kier alpha value is -5.80. The van der Waals surface area contributed by atoms with Gasteiger partial charge in [-0.1, -0.05) is 141 Å². The lowest BCUT2D eigenvalue weighted by Crippen LogP contribution is -2.55. The van der Waals surface area contributed by atoms with Crippen molar-refractivity contribution in [3.63, 3.8) is 0 Å². The zero-order valence-electron chi connectivity index (χ0n) is 29.3. The second-order valence-corrected chi connectivity index (χ2v) is 14.1. The summed E-state index contributed by atoms with van der Waals surface area (Å²) in [5.74, 6) is 0. The predicted molar refractivity (Wildman–Crippen MR) is 216 cm³/mol. The first-order valence-electron chi connectivity index (χ1n) is 17.6. The van der Waals surface area contributed by atoms with E-state index in [1.807, 2.05) is 0 Å². The van der Waals surface area contributed by atoms with Gasteiger partial charge in [-0.2, -0.15) is 0 Å². The predicted octanol–water partition coefficient (Wildman–Crippen LogP) is 9.94. The minimum atomic E-state index is 0.0926. The molecule has 0 amide bonds. The first kappa shape index (κ1) is 30.3. The van der Waals surface area contributed by atoms with Crippen LogP contribution in [-0.2, 0) is 0 Å². The van der Waals surface area contributed by atoms with Gasteiger partial charge in [-0.05, 0) is 83.1 Å². The molecule has 0 atom stereocenters. The second kappa shape index (κ2) is 11.7. The summed E-state index contributed by atoms with van der Waals surface area (Å²) in [5.41, 5.74) is 18.0. The first-order chi connectivity index (χ1) is 24.4. The van der Waals surface area contributed by atoms with Crippen LogP contribution >= 0.6 is 0 Å². The molecule has 0 bridgehead atoms. The van der Waals surface area contributed by atoms with Crippen LogP contribution in [0.25, 0.3) is 55.0 Å². The highest BCUT2D eigenvalue weighted by atomic mass is 15.0. The molecule has 9 aromatic rings. The molecule has 0 radical (unpaired) electrons. The average Bonchev–Trinajstić information content (AvgIpc) is 3.64. The molecule has 0 N–H and O–H groups in total. The lowest BCUT2D eigenvalue weighted by atomic mass is 9.34. The summed E-state index contributed by atoms with van der Waals surface area (Å²) in [4.78, 5) is 0. The Kier molecular flexibility index (Phi) is 7.07. The van der Waals surface area contributed by atoms with Crippen LogP contribution in [0.2, 0.25) is 0 Å². The quantitative estimate of drug-likeness (QED) is 0.166. The van der Waals surface area contributed by atoms with Crippen LogP contribution in [0.3, 0.4) is 0 Å². The number of aryl methyl sites for hydroxylation is 5. The van der Waals surface area contributed by atoms with Crippen molar-refractivity contribution in [3.8, 4) is 11.4 Å².